The van der Waals surface area contributed by atoms with E-state index < -0.39 is 4.92 Å². The molecule has 0 fully saturated rings. The molecule has 5 heteroatoms. The lowest BCUT2D eigenvalue weighted by Gasteiger charge is -2.14. The molecule has 0 aliphatic heterocycles. The molecule has 2 rings (SSSR count). The molecule has 0 saturated heterocycles. The van der Waals surface area contributed by atoms with Gasteiger partial charge in [-0.2, -0.15) is 0 Å². The van der Waals surface area contributed by atoms with Crippen molar-refractivity contribution >= 4 is 17.4 Å². The lowest BCUT2D eigenvalue weighted by Crippen LogP contribution is -2.14. The molecule has 0 aliphatic carbocycles. The van der Waals surface area contributed by atoms with E-state index in [-0.39, 0.29) is 11.7 Å². The van der Waals surface area contributed by atoms with Gasteiger partial charge in [0, 0.05) is 28.8 Å². The number of hydrogen-bond donors (Lipinski definition) is 1. The van der Waals surface area contributed by atoms with Gasteiger partial charge in [-0.15, -0.1) is 11.8 Å². The Hall–Kier alpha value is -1.85. The Balaban J connectivity index is 1.98. The number of nitrogens with zero attached hydrogens (tertiary/aromatic N) is 1. The first-order chi connectivity index (χ1) is 9.58. The minimum atomic E-state index is -0.395. The van der Waals surface area contributed by atoms with Crippen molar-refractivity contribution in [1.29, 1.82) is 0 Å². The minimum Gasteiger partial charge on any atom is -0.323 e. The molecule has 0 spiro atoms. The van der Waals surface area contributed by atoms with E-state index >= 15 is 0 Å². The number of aryl methyl sites for hydroxylation is 1. The van der Waals surface area contributed by atoms with Crippen LogP contribution in [0.5, 0.6) is 0 Å². The summed E-state index contributed by atoms with van der Waals surface area (Å²) in [4.78, 5) is 11.2. The fourth-order valence-electron chi connectivity index (χ4n) is 1.94. The molecule has 0 aromatic heterocycles. The summed E-state index contributed by atoms with van der Waals surface area (Å²) in [5, 5.41) is 10.6. The monoisotopic (exact) mass is 288 g/mol. The second-order valence-electron chi connectivity index (χ2n) is 4.53. The summed E-state index contributed by atoms with van der Waals surface area (Å²) < 4.78 is 0. The quantitative estimate of drug-likeness (QED) is 0.517. The number of non-ortho nitro benzene ring substituents is 1. The molecule has 0 aliphatic rings. The number of rotatable bonds is 5. The number of benzene rings is 2. The van der Waals surface area contributed by atoms with Crippen molar-refractivity contribution in [2.75, 3.05) is 5.75 Å². The van der Waals surface area contributed by atoms with E-state index in [2.05, 4.69) is 0 Å². The van der Waals surface area contributed by atoms with Gasteiger partial charge in [0.1, 0.15) is 0 Å². The molecule has 0 saturated carbocycles. The zero-order chi connectivity index (χ0) is 14.5. The molecule has 1 atom stereocenters. The van der Waals surface area contributed by atoms with E-state index in [4.69, 9.17) is 5.73 Å². The fourth-order valence-corrected chi connectivity index (χ4v) is 2.82. The Morgan fingerprint density at radius 2 is 1.85 bits per heavy atom. The minimum absolute atomic E-state index is 0.0450. The second-order valence-corrected chi connectivity index (χ2v) is 5.62. The van der Waals surface area contributed by atoms with Gasteiger partial charge < -0.3 is 5.73 Å². The summed E-state index contributed by atoms with van der Waals surface area (Å²) in [5.74, 6) is 0.739. The van der Waals surface area contributed by atoms with Crippen molar-refractivity contribution in [2.45, 2.75) is 17.9 Å². The maximum absolute atomic E-state index is 10.6. The van der Waals surface area contributed by atoms with E-state index in [0.29, 0.717) is 0 Å². The van der Waals surface area contributed by atoms with E-state index in [1.54, 1.807) is 23.9 Å². The summed E-state index contributed by atoms with van der Waals surface area (Å²) in [7, 11) is 0. The topological polar surface area (TPSA) is 69.2 Å². The molecule has 4 nitrogen and oxygen atoms in total. The predicted molar refractivity (Wildman–Crippen MR) is 81.9 cm³/mol. The van der Waals surface area contributed by atoms with Crippen LogP contribution in [0.25, 0.3) is 0 Å². The second kappa shape index (κ2) is 6.54. The highest BCUT2D eigenvalue weighted by Crippen LogP contribution is 2.26. The molecular weight excluding hydrogens is 272 g/mol. The lowest BCUT2D eigenvalue weighted by atomic mass is 10.0. The first-order valence-corrected chi connectivity index (χ1v) is 7.25. The van der Waals surface area contributed by atoms with E-state index in [1.165, 1.54) is 17.7 Å². The van der Waals surface area contributed by atoms with Crippen molar-refractivity contribution in [2.24, 2.45) is 5.73 Å². The largest absolute Gasteiger partial charge is 0.323 e. The highest BCUT2D eigenvalue weighted by Gasteiger charge is 2.10. The SMILES string of the molecule is Cc1ccccc1C(N)CSc1ccc([N+](=O)[O-])cc1. The van der Waals surface area contributed by atoms with Gasteiger partial charge in [-0.3, -0.25) is 10.1 Å². The summed E-state index contributed by atoms with van der Waals surface area (Å²) in [6, 6.07) is 14.6. The van der Waals surface area contributed by atoms with Crippen LogP contribution >= 0.6 is 11.8 Å². The van der Waals surface area contributed by atoms with Gasteiger partial charge in [-0.25, -0.2) is 0 Å². The van der Waals surface area contributed by atoms with Crippen LogP contribution in [0.2, 0.25) is 0 Å². The Kier molecular flexibility index (Phi) is 4.76. The number of thioether (sulfide) groups is 1. The van der Waals surface area contributed by atoms with Gasteiger partial charge in [0.2, 0.25) is 0 Å². The van der Waals surface area contributed by atoms with Crippen LogP contribution in [0.3, 0.4) is 0 Å². The van der Waals surface area contributed by atoms with Crippen LogP contribution in [0, 0.1) is 17.0 Å². The van der Waals surface area contributed by atoms with Crippen LogP contribution in [0.15, 0.2) is 53.4 Å². The predicted octanol–water partition coefficient (Wildman–Crippen LogP) is 3.70. The normalized spacial score (nSPS) is 12.1. The van der Waals surface area contributed by atoms with Crippen LogP contribution in [-0.4, -0.2) is 10.7 Å². The maximum Gasteiger partial charge on any atom is 0.269 e. The highest BCUT2D eigenvalue weighted by atomic mass is 32.2. The standard InChI is InChI=1S/C15H16N2O2S/c1-11-4-2-3-5-14(11)15(16)10-20-13-8-6-12(7-9-13)17(18)19/h2-9,15H,10,16H2,1H3. The lowest BCUT2D eigenvalue weighted by molar-refractivity contribution is -0.384. The summed E-state index contributed by atoms with van der Waals surface area (Å²) in [6.45, 7) is 2.05. The molecular formula is C15H16N2O2S. The molecule has 1 unspecified atom stereocenters. The molecule has 2 N–H and O–H groups in total. The average Bonchev–Trinajstić information content (AvgIpc) is 2.45. The molecule has 2 aromatic rings. The van der Waals surface area contributed by atoms with Gasteiger partial charge in [0.25, 0.3) is 5.69 Å². The smallest absolute Gasteiger partial charge is 0.269 e. The molecule has 20 heavy (non-hydrogen) atoms. The van der Waals surface area contributed by atoms with Gasteiger partial charge in [-0.05, 0) is 30.2 Å². The van der Waals surface area contributed by atoms with Crippen molar-refractivity contribution in [1.82, 2.24) is 0 Å². The summed E-state index contributed by atoms with van der Waals surface area (Å²) in [5.41, 5.74) is 8.63. The van der Waals surface area contributed by atoms with Gasteiger partial charge in [-0.1, -0.05) is 24.3 Å². The third kappa shape index (κ3) is 3.59. The number of nitro groups is 1. The zero-order valence-corrected chi connectivity index (χ0v) is 12.0. The van der Waals surface area contributed by atoms with Crippen molar-refractivity contribution < 1.29 is 4.92 Å². The molecule has 0 radical (unpaired) electrons. The zero-order valence-electron chi connectivity index (χ0n) is 11.2. The Bertz CT molecular complexity index is 599. The third-order valence-electron chi connectivity index (χ3n) is 3.07. The van der Waals surface area contributed by atoms with E-state index in [9.17, 15) is 10.1 Å². The van der Waals surface area contributed by atoms with Gasteiger partial charge in [0.05, 0.1) is 4.92 Å². The summed E-state index contributed by atoms with van der Waals surface area (Å²) in [6.07, 6.45) is 0. The molecule has 0 heterocycles. The molecule has 0 amide bonds. The molecule has 104 valence electrons. The van der Waals surface area contributed by atoms with Crippen LogP contribution in [0.4, 0.5) is 5.69 Å². The van der Waals surface area contributed by atoms with Gasteiger partial charge >= 0.3 is 0 Å². The average molecular weight is 288 g/mol. The highest BCUT2D eigenvalue weighted by molar-refractivity contribution is 7.99. The first kappa shape index (κ1) is 14.6. The number of nitro benzene ring substituents is 1. The van der Waals surface area contributed by atoms with Crippen molar-refractivity contribution in [3.63, 3.8) is 0 Å². The number of nitrogens with two attached hydrogens (primary N) is 1. The third-order valence-corrected chi connectivity index (χ3v) is 4.20. The van der Waals surface area contributed by atoms with E-state index in [1.807, 2.05) is 31.2 Å². The maximum atomic E-state index is 10.6. The van der Waals surface area contributed by atoms with Crippen molar-refractivity contribution in [3.05, 3.63) is 69.8 Å². The first-order valence-electron chi connectivity index (χ1n) is 6.26. The van der Waals surface area contributed by atoms with Crippen molar-refractivity contribution in [3.8, 4) is 0 Å². The van der Waals surface area contributed by atoms with Crippen LogP contribution in [-0.2, 0) is 0 Å². The van der Waals surface area contributed by atoms with Gasteiger partial charge in [0.15, 0.2) is 0 Å². The number of hydrogen-bond acceptors (Lipinski definition) is 4. The Morgan fingerprint density at radius 1 is 1.20 bits per heavy atom. The Morgan fingerprint density at radius 3 is 2.45 bits per heavy atom. The molecule has 2 aromatic carbocycles. The molecule has 0 bridgehead atoms. The summed E-state index contributed by atoms with van der Waals surface area (Å²) >= 11 is 1.60. The fraction of sp³-hybridized carbons (Fsp3) is 0.200. The van der Waals surface area contributed by atoms with Crippen LogP contribution in [0.1, 0.15) is 17.2 Å². The van der Waals surface area contributed by atoms with Crippen LogP contribution < -0.4 is 5.73 Å². The Labute approximate surface area is 122 Å². The van der Waals surface area contributed by atoms with E-state index in [0.717, 1.165) is 16.2 Å².